The molecule has 2 aromatic rings. The van der Waals surface area contributed by atoms with E-state index in [-0.39, 0.29) is 11.5 Å². The van der Waals surface area contributed by atoms with Crippen molar-refractivity contribution in [3.05, 3.63) is 56.7 Å². The van der Waals surface area contributed by atoms with Gasteiger partial charge in [0, 0.05) is 15.7 Å². The first-order valence-electron chi connectivity index (χ1n) is 6.73. The molecular weight excluding hydrogens is 360 g/mol. The monoisotopic (exact) mass is 374 g/mol. The number of rotatable bonds is 4. The van der Waals surface area contributed by atoms with E-state index in [1.807, 2.05) is 32.9 Å². The number of hydrogen-bond donors (Lipinski definition) is 0. The van der Waals surface area contributed by atoms with Gasteiger partial charge < -0.3 is 0 Å². The molecule has 0 aliphatic heterocycles. The van der Waals surface area contributed by atoms with Gasteiger partial charge in [0.2, 0.25) is 0 Å². The van der Waals surface area contributed by atoms with Crippen molar-refractivity contribution in [1.82, 2.24) is 4.98 Å². The summed E-state index contributed by atoms with van der Waals surface area (Å²) in [6.45, 7) is 5.80. The maximum absolute atomic E-state index is 12.2. The van der Waals surface area contributed by atoms with Gasteiger partial charge in [-0.1, -0.05) is 39.8 Å². The first kappa shape index (κ1) is 16.7. The van der Waals surface area contributed by atoms with Crippen molar-refractivity contribution in [2.45, 2.75) is 25.8 Å². The third-order valence-corrected chi connectivity index (χ3v) is 5.09. The molecule has 0 unspecified atom stereocenters. The van der Waals surface area contributed by atoms with E-state index in [2.05, 4.69) is 27.0 Å². The molecule has 0 fully saturated rings. The Morgan fingerprint density at radius 3 is 2.45 bits per heavy atom. The maximum atomic E-state index is 12.2. The second-order valence-electron chi connectivity index (χ2n) is 4.96. The quantitative estimate of drug-likeness (QED) is 0.578. The molecular formula is C17H15BrN2OS. The Kier molecular flexibility index (Phi) is 5.38. The molecule has 1 aromatic heterocycles. The summed E-state index contributed by atoms with van der Waals surface area (Å²) in [4.78, 5) is 16.7. The van der Waals surface area contributed by atoms with Gasteiger partial charge in [-0.3, -0.25) is 4.79 Å². The van der Waals surface area contributed by atoms with Crippen molar-refractivity contribution in [2.75, 3.05) is 5.75 Å². The lowest BCUT2D eigenvalue weighted by Crippen LogP contribution is -2.05. The molecule has 1 aromatic carbocycles. The predicted octanol–water partition coefficient (Wildman–Crippen LogP) is 4.62. The van der Waals surface area contributed by atoms with Crippen molar-refractivity contribution in [2.24, 2.45) is 0 Å². The molecule has 5 heteroatoms. The molecule has 112 valence electrons. The number of nitriles is 1. The fourth-order valence-corrected chi connectivity index (χ4v) is 3.24. The molecule has 0 saturated carbocycles. The molecule has 0 N–H and O–H groups in total. The molecule has 0 atom stereocenters. The fraction of sp³-hybridized carbons (Fsp3) is 0.235. The van der Waals surface area contributed by atoms with Crippen molar-refractivity contribution >= 4 is 33.5 Å². The van der Waals surface area contributed by atoms with Gasteiger partial charge in [-0.15, -0.1) is 0 Å². The van der Waals surface area contributed by atoms with Crippen LogP contribution in [0.5, 0.6) is 0 Å². The normalized spacial score (nSPS) is 10.3. The van der Waals surface area contributed by atoms with E-state index in [4.69, 9.17) is 0 Å². The highest BCUT2D eigenvalue weighted by atomic mass is 79.9. The number of Topliss-reactive ketones (excluding diaryl/α,β-unsaturated/α-hetero) is 1. The predicted molar refractivity (Wildman–Crippen MR) is 92.4 cm³/mol. The van der Waals surface area contributed by atoms with Crippen LogP contribution in [0, 0.1) is 32.1 Å². The van der Waals surface area contributed by atoms with Crippen LogP contribution in [0.15, 0.2) is 33.8 Å². The minimum atomic E-state index is 0.0269. The summed E-state index contributed by atoms with van der Waals surface area (Å²) in [6, 6.07) is 9.47. The Bertz CT molecular complexity index is 764. The van der Waals surface area contributed by atoms with E-state index in [0.717, 1.165) is 21.3 Å². The zero-order valence-corrected chi connectivity index (χ0v) is 15.0. The highest BCUT2D eigenvalue weighted by molar-refractivity contribution is 9.10. The van der Waals surface area contributed by atoms with E-state index in [9.17, 15) is 10.1 Å². The van der Waals surface area contributed by atoms with Gasteiger partial charge in [0.05, 0.1) is 11.3 Å². The average molecular weight is 375 g/mol. The van der Waals surface area contributed by atoms with Crippen LogP contribution in [0.25, 0.3) is 0 Å². The van der Waals surface area contributed by atoms with Gasteiger partial charge in [-0.05, 0) is 44.0 Å². The largest absolute Gasteiger partial charge is 0.293 e. The van der Waals surface area contributed by atoms with Crippen LogP contribution in [0.2, 0.25) is 0 Å². The number of ketones is 1. The first-order chi connectivity index (χ1) is 10.4. The number of aryl methyl sites for hydroxylation is 1. The molecule has 0 amide bonds. The van der Waals surface area contributed by atoms with Gasteiger partial charge in [0.25, 0.3) is 0 Å². The van der Waals surface area contributed by atoms with Gasteiger partial charge in [0.15, 0.2) is 5.78 Å². The highest BCUT2D eigenvalue weighted by Crippen LogP contribution is 2.27. The number of carbonyl (C=O) groups excluding carboxylic acids is 1. The third kappa shape index (κ3) is 3.57. The Labute approximate surface area is 142 Å². The number of halogens is 1. The number of carbonyl (C=O) groups is 1. The number of nitrogens with zero attached hydrogens (tertiary/aromatic N) is 2. The Balaban J connectivity index is 2.20. The number of aromatic nitrogens is 1. The molecule has 0 saturated heterocycles. The van der Waals surface area contributed by atoms with Crippen LogP contribution in [-0.4, -0.2) is 16.5 Å². The summed E-state index contributed by atoms with van der Waals surface area (Å²) in [6.07, 6.45) is 0. The summed E-state index contributed by atoms with van der Waals surface area (Å²) in [7, 11) is 0. The third-order valence-electron chi connectivity index (χ3n) is 3.58. The molecule has 0 bridgehead atoms. The summed E-state index contributed by atoms with van der Waals surface area (Å²) in [5.41, 5.74) is 4.09. The number of hydrogen-bond acceptors (Lipinski definition) is 4. The zero-order chi connectivity index (χ0) is 16.3. The smallest absolute Gasteiger partial charge is 0.173 e. The van der Waals surface area contributed by atoms with E-state index >= 15 is 0 Å². The number of thioether (sulfide) groups is 1. The van der Waals surface area contributed by atoms with Gasteiger partial charge in [-0.25, -0.2) is 4.98 Å². The summed E-state index contributed by atoms with van der Waals surface area (Å²) in [5, 5.41) is 9.97. The van der Waals surface area contributed by atoms with Gasteiger partial charge in [-0.2, -0.15) is 5.26 Å². The SMILES string of the molecule is Cc1nc(SCC(=O)c2ccc(Br)cc2)c(C#N)c(C)c1C. The second kappa shape index (κ2) is 7.08. The minimum absolute atomic E-state index is 0.0269. The number of pyridine rings is 1. The Hall–Kier alpha value is -1.64. The van der Waals surface area contributed by atoms with E-state index < -0.39 is 0 Å². The molecule has 3 nitrogen and oxygen atoms in total. The topological polar surface area (TPSA) is 53.8 Å². The molecule has 1 heterocycles. The fourth-order valence-electron chi connectivity index (χ4n) is 2.00. The lowest BCUT2D eigenvalue weighted by Gasteiger charge is -2.10. The second-order valence-corrected chi connectivity index (χ2v) is 6.84. The van der Waals surface area contributed by atoms with Crippen LogP contribution in [0.4, 0.5) is 0 Å². The van der Waals surface area contributed by atoms with Crippen molar-refractivity contribution in [3.63, 3.8) is 0 Å². The van der Waals surface area contributed by atoms with Gasteiger partial charge in [0.1, 0.15) is 11.1 Å². The molecule has 2 rings (SSSR count). The summed E-state index contributed by atoms with van der Waals surface area (Å²) in [5.74, 6) is 0.296. The number of benzene rings is 1. The molecule has 22 heavy (non-hydrogen) atoms. The Morgan fingerprint density at radius 2 is 1.86 bits per heavy atom. The molecule has 0 radical (unpaired) electrons. The Morgan fingerprint density at radius 1 is 1.23 bits per heavy atom. The van der Waals surface area contributed by atoms with Crippen molar-refractivity contribution < 1.29 is 4.79 Å². The van der Waals surface area contributed by atoms with Crippen molar-refractivity contribution in [1.29, 1.82) is 5.26 Å². The van der Waals surface area contributed by atoms with Crippen molar-refractivity contribution in [3.8, 4) is 6.07 Å². The molecule has 0 spiro atoms. The highest BCUT2D eigenvalue weighted by Gasteiger charge is 2.14. The minimum Gasteiger partial charge on any atom is -0.293 e. The van der Waals surface area contributed by atoms with Crippen LogP contribution < -0.4 is 0 Å². The van der Waals surface area contributed by atoms with Crippen LogP contribution >= 0.6 is 27.7 Å². The maximum Gasteiger partial charge on any atom is 0.173 e. The van der Waals surface area contributed by atoms with Crippen LogP contribution in [0.3, 0.4) is 0 Å². The first-order valence-corrected chi connectivity index (χ1v) is 8.51. The summed E-state index contributed by atoms with van der Waals surface area (Å²) >= 11 is 4.67. The molecule has 0 aliphatic rings. The van der Waals surface area contributed by atoms with Gasteiger partial charge >= 0.3 is 0 Å². The summed E-state index contributed by atoms with van der Waals surface area (Å²) < 4.78 is 0.940. The zero-order valence-electron chi connectivity index (χ0n) is 12.6. The van der Waals surface area contributed by atoms with E-state index in [1.54, 1.807) is 12.1 Å². The van der Waals surface area contributed by atoms with E-state index in [1.165, 1.54) is 11.8 Å². The van der Waals surface area contributed by atoms with Crippen LogP contribution in [-0.2, 0) is 0 Å². The lowest BCUT2D eigenvalue weighted by molar-refractivity contribution is 0.102. The van der Waals surface area contributed by atoms with E-state index in [0.29, 0.717) is 16.2 Å². The average Bonchev–Trinajstić information content (AvgIpc) is 2.51. The van der Waals surface area contributed by atoms with Crippen LogP contribution in [0.1, 0.15) is 32.7 Å². The standard InChI is InChI=1S/C17H15BrN2OS/c1-10-11(2)15(8-19)17(20-12(10)3)22-9-16(21)13-4-6-14(18)7-5-13/h4-7H,9H2,1-3H3. The molecule has 0 aliphatic carbocycles. The lowest BCUT2D eigenvalue weighted by atomic mass is 10.1.